The summed E-state index contributed by atoms with van der Waals surface area (Å²) in [5, 5.41) is 3.10. The molecule has 0 aromatic carbocycles. The number of anilines is 1. The molecule has 3 aromatic rings. The third kappa shape index (κ3) is 4.52. The van der Waals surface area contributed by atoms with Crippen LogP contribution in [0, 0.1) is 6.92 Å². The summed E-state index contributed by atoms with van der Waals surface area (Å²) in [6.07, 6.45) is 6.74. The van der Waals surface area contributed by atoms with Crippen LogP contribution in [0.5, 0.6) is 0 Å². The van der Waals surface area contributed by atoms with E-state index in [0.717, 1.165) is 49.1 Å². The Labute approximate surface area is 179 Å². The van der Waals surface area contributed by atoms with E-state index in [-0.39, 0.29) is 24.0 Å². The number of halogens is 1. The van der Waals surface area contributed by atoms with Crippen LogP contribution in [0.15, 0.2) is 41.1 Å². The summed E-state index contributed by atoms with van der Waals surface area (Å²) in [5.74, 6) is 0.628. The Bertz CT molecular complexity index is 898. The molecule has 4 heterocycles. The first-order chi connectivity index (χ1) is 12.7. The molecule has 3 aromatic heterocycles. The SMILES string of the molecule is Cc1cccn2cc(CCN=C(N)N3CCN(c4nccs4)CC3)nc12.I. The van der Waals surface area contributed by atoms with E-state index >= 15 is 0 Å². The van der Waals surface area contributed by atoms with Crippen molar-refractivity contribution < 1.29 is 0 Å². The lowest BCUT2D eigenvalue weighted by Gasteiger charge is -2.35. The van der Waals surface area contributed by atoms with Crippen molar-refractivity contribution >= 4 is 52.1 Å². The molecule has 1 saturated heterocycles. The van der Waals surface area contributed by atoms with Crippen molar-refractivity contribution in [2.24, 2.45) is 10.7 Å². The van der Waals surface area contributed by atoms with Crippen LogP contribution < -0.4 is 10.6 Å². The quantitative estimate of drug-likeness (QED) is 0.341. The molecule has 1 fully saturated rings. The second-order valence-corrected chi connectivity index (χ2v) is 7.31. The highest BCUT2D eigenvalue weighted by Gasteiger charge is 2.19. The maximum absolute atomic E-state index is 6.19. The van der Waals surface area contributed by atoms with Crippen LogP contribution in [0.3, 0.4) is 0 Å². The smallest absolute Gasteiger partial charge is 0.191 e. The number of nitrogens with zero attached hydrogens (tertiary/aromatic N) is 6. The van der Waals surface area contributed by atoms with Crippen molar-refractivity contribution in [3.63, 3.8) is 0 Å². The van der Waals surface area contributed by atoms with Gasteiger partial charge < -0.3 is 19.9 Å². The first kappa shape index (κ1) is 19.9. The van der Waals surface area contributed by atoms with Gasteiger partial charge in [0.25, 0.3) is 0 Å². The van der Waals surface area contributed by atoms with Crippen LogP contribution >= 0.6 is 35.3 Å². The number of piperazine rings is 1. The van der Waals surface area contributed by atoms with Gasteiger partial charge in [-0.1, -0.05) is 6.07 Å². The summed E-state index contributed by atoms with van der Waals surface area (Å²) >= 11 is 1.68. The molecule has 1 aliphatic rings. The first-order valence-electron chi connectivity index (χ1n) is 8.83. The molecule has 0 radical (unpaired) electrons. The van der Waals surface area contributed by atoms with Crippen molar-refractivity contribution in [1.82, 2.24) is 19.3 Å². The molecule has 1 aliphatic heterocycles. The molecule has 0 bridgehead atoms. The Balaban J connectivity index is 0.00000210. The molecular formula is C18H24IN7S. The first-order valence-corrected chi connectivity index (χ1v) is 9.71. The van der Waals surface area contributed by atoms with Crippen LogP contribution in [0.4, 0.5) is 5.13 Å². The maximum Gasteiger partial charge on any atom is 0.191 e. The number of imidazole rings is 1. The van der Waals surface area contributed by atoms with Gasteiger partial charge in [-0.15, -0.1) is 35.3 Å². The Morgan fingerprint density at radius 1 is 1.30 bits per heavy atom. The lowest BCUT2D eigenvalue weighted by atomic mass is 10.3. The van der Waals surface area contributed by atoms with Crippen LogP contribution in [-0.4, -0.2) is 58.0 Å². The van der Waals surface area contributed by atoms with E-state index in [1.807, 2.05) is 23.8 Å². The minimum absolute atomic E-state index is 0. The molecule has 2 N–H and O–H groups in total. The summed E-state index contributed by atoms with van der Waals surface area (Å²) in [4.78, 5) is 18.1. The number of nitrogens with two attached hydrogens (primary N) is 1. The third-order valence-corrected chi connectivity index (χ3v) is 5.50. The monoisotopic (exact) mass is 497 g/mol. The van der Waals surface area contributed by atoms with E-state index in [4.69, 9.17) is 5.73 Å². The van der Waals surface area contributed by atoms with Crippen LogP contribution in [0.1, 0.15) is 11.3 Å². The lowest BCUT2D eigenvalue weighted by molar-refractivity contribution is 0.380. The average molecular weight is 497 g/mol. The van der Waals surface area contributed by atoms with Gasteiger partial charge in [-0.3, -0.25) is 4.99 Å². The Morgan fingerprint density at radius 3 is 2.81 bits per heavy atom. The summed E-state index contributed by atoms with van der Waals surface area (Å²) in [6.45, 7) is 6.34. The minimum Gasteiger partial charge on any atom is -0.370 e. The van der Waals surface area contributed by atoms with Gasteiger partial charge in [0.1, 0.15) is 5.65 Å². The Morgan fingerprint density at radius 2 is 2.11 bits per heavy atom. The fourth-order valence-electron chi connectivity index (χ4n) is 3.21. The van der Waals surface area contributed by atoms with Crippen molar-refractivity contribution in [3.8, 4) is 0 Å². The van der Waals surface area contributed by atoms with Crippen LogP contribution in [0.25, 0.3) is 5.65 Å². The zero-order chi connectivity index (χ0) is 17.9. The highest BCUT2D eigenvalue weighted by atomic mass is 127. The number of aliphatic imine (C=N–C) groups is 1. The number of hydrogen-bond donors (Lipinski definition) is 1. The van der Waals surface area contributed by atoms with Crippen LogP contribution in [0.2, 0.25) is 0 Å². The van der Waals surface area contributed by atoms with Gasteiger partial charge in [-0.25, -0.2) is 9.97 Å². The average Bonchev–Trinajstić information content (AvgIpc) is 3.32. The van der Waals surface area contributed by atoms with Crippen molar-refractivity contribution in [2.45, 2.75) is 13.3 Å². The highest BCUT2D eigenvalue weighted by molar-refractivity contribution is 14.0. The Hall–Kier alpha value is -1.88. The molecule has 0 amide bonds. The second kappa shape index (κ2) is 8.87. The second-order valence-electron chi connectivity index (χ2n) is 6.43. The van der Waals surface area contributed by atoms with Gasteiger partial charge in [0, 0.05) is 63.1 Å². The number of pyridine rings is 1. The number of fused-ring (bicyclic) bond motifs is 1. The van der Waals surface area contributed by atoms with E-state index < -0.39 is 0 Å². The molecule has 0 aliphatic carbocycles. The number of aryl methyl sites for hydroxylation is 1. The van der Waals surface area contributed by atoms with Gasteiger partial charge in [0.15, 0.2) is 11.1 Å². The molecule has 27 heavy (non-hydrogen) atoms. The molecule has 0 atom stereocenters. The van der Waals surface area contributed by atoms with Gasteiger partial charge in [-0.2, -0.15) is 0 Å². The van der Waals surface area contributed by atoms with Crippen molar-refractivity contribution in [2.75, 3.05) is 37.6 Å². The molecule has 9 heteroatoms. The standard InChI is InChI=1S/C18H23N7S.HI/c1-14-3-2-7-25-13-15(22-16(14)25)4-5-20-17(19)23-8-10-24(11-9-23)18-21-6-12-26-18;/h2-3,6-7,12-13H,4-5,8-11H2,1H3,(H2,19,20);1H. The highest BCUT2D eigenvalue weighted by Crippen LogP contribution is 2.18. The number of thiazole rings is 1. The molecule has 0 spiro atoms. The van der Waals surface area contributed by atoms with E-state index in [9.17, 15) is 0 Å². The predicted octanol–water partition coefficient (Wildman–Crippen LogP) is 2.40. The summed E-state index contributed by atoms with van der Waals surface area (Å²) in [5.41, 5.74) is 9.43. The van der Waals surface area contributed by atoms with Crippen molar-refractivity contribution in [3.05, 3.63) is 47.4 Å². The molecular weight excluding hydrogens is 473 g/mol. The fraction of sp³-hybridized carbons (Fsp3) is 0.389. The largest absolute Gasteiger partial charge is 0.370 e. The van der Waals surface area contributed by atoms with Crippen LogP contribution in [-0.2, 0) is 6.42 Å². The molecule has 7 nitrogen and oxygen atoms in total. The Kier molecular flexibility index (Phi) is 6.53. The van der Waals surface area contributed by atoms with E-state index in [1.165, 1.54) is 5.56 Å². The van der Waals surface area contributed by atoms with Gasteiger partial charge in [-0.05, 0) is 18.6 Å². The normalized spacial score (nSPS) is 15.2. The summed E-state index contributed by atoms with van der Waals surface area (Å²) in [6, 6.07) is 4.11. The molecule has 0 unspecified atom stereocenters. The van der Waals surface area contributed by atoms with Gasteiger partial charge in [0.2, 0.25) is 0 Å². The topological polar surface area (TPSA) is 75.1 Å². The fourth-order valence-corrected chi connectivity index (χ4v) is 3.91. The zero-order valence-corrected chi connectivity index (χ0v) is 18.4. The number of rotatable bonds is 4. The van der Waals surface area contributed by atoms with E-state index in [2.05, 4.69) is 48.3 Å². The number of hydrogen-bond acceptors (Lipinski definition) is 5. The van der Waals surface area contributed by atoms with Gasteiger partial charge >= 0.3 is 0 Å². The summed E-state index contributed by atoms with van der Waals surface area (Å²) < 4.78 is 2.07. The molecule has 144 valence electrons. The summed E-state index contributed by atoms with van der Waals surface area (Å²) in [7, 11) is 0. The zero-order valence-electron chi connectivity index (χ0n) is 15.3. The number of aromatic nitrogens is 3. The number of guanidine groups is 1. The third-order valence-electron chi connectivity index (χ3n) is 4.66. The molecule has 4 rings (SSSR count). The van der Waals surface area contributed by atoms with E-state index in [1.54, 1.807) is 11.3 Å². The lowest BCUT2D eigenvalue weighted by Crippen LogP contribution is -2.51. The predicted molar refractivity (Wildman–Crippen MR) is 121 cm³/mol. The maximum atomic E-state index is 6.19. The van der Waals surface area contributed by atoms with Gasteiger partial charge in [0.05, 0.1) is 5.69 Å². The van der Waals surface area contributed by atoms with E-state index in [0.29, 0.717) is 12.5 Å². The molecule has 0 saturated carbocycles. The minimum atomic E-state index is 0. The van der Waals surface area contributed by atoms with Crippen molar-refractivity contribution in [1.29, 1.82) is 0 Å².